The van der Waals surface area contributed by atoms with Crippen LogP contribution in [0, 0.1) is 5.82 Å². The first-order valence-corrected chi connectivity index (χ1v) is 3.66. The Balaban J connectivity index is 3.00. The van der Waals surface area contributed by atoms with Crippen molar-refractivity contribution < 1.29 is 4.39 Å². The number of hydrogen-bond donors (Lipinski definition) is 2. The number of benzene rings is 1. The summed E-state index contributed by atoms with van der Waals surface area (Å²) in [5.41, 5.74) is 11.2. The summed E-state index contributed by atoms with van der Waals surface area (Å²) >= 11 is 0. The van der Waals surface area contributed by atoms with E-state index >= 15 is 0 Å². The molecule has 0 heterocycles. The van der Waals surface area contributed by atoms with Crippen LogP contribution in [0.2, 0.25) is 0 Å². The van der Waals surface area contributed by atoms with Gasteiger partial charge in [0.05, 0.1) is 5.69 Å². The van der Waals surface area contributed by atoms with E-state index in [4.69, 9.17) is 11.5 Å². The molecule has 0 aliphatic carbocycles. The summed E-state index contributed by atoms with van der Waals surface area (Å²) < 4.78 is 13.1. The smallest absolute Gasteiger partial charge is 0.153 e. The lowest BCUT2D eigenvalue weighted by molar-refractivity contribution is 0.630. The van der Waals surface area contributed by atoms with Gasteiger partial charge in [-0.3, -0.25) is 0 Å². The molecule has 0 radical (unpaired) electrons. The lowest BCUT2D eigenvalue weighted by Crippen LogP contribution is -1.94. The number of nitrogens with two attached hydrogens (primary N) is 2. The standard InChI is InChI=1S/C9H11FN2/c10-9-7(4-2-6-11)3-1-5-8(9)12/h1-5H,6,11-12H2. The molecule has 0 saturated carbocycles. The predicted molar refractivity (Wildman–Crippen MR) is 48.9 cm³/mol. The largest absolute Gasteiger partial charge is 0.396 e. The zero-order valence-corrected chi connectivity index (χ0v) is 6.63. The molecule has 0 amide bonds. The average Bonchev–Trinajstić information content (AvgIpc) is 2.08. The van der Waals surface area contributed by atoms with Gasteiger partial charge in [0.25, 0.3) is 0 Å². The summed E-state index contributed by atoms with van der Waals surface area (Å²) in [5.74, 6) is -0.387. The van der Waals surface area contributed by atoms with E-state index in [1.165, 1.54) is 6.07 Å². The molecule has 64 valence electrons. The minimum absolute atomic E-state index is 0.161. The molecule has 0 fully saturated rings. The van der Waals surface area contributed by atoms with Crippen LogP contribution in [0.3, 0.4) is 0 Å². The van der Waals surface area contributed by atoms with Gasteiger partial charge in [-0.25, -0.2) is 4.39 Å². The van der Waals surface area contributed by atoms with Crippen molar-refractivity contribution >= 4 is 11.8 Å². The molecule has 0 unspecified atom stereocenters. The summed E-state index contributed by atoms with van der Waals surface area (Å²) in [5, 5.41) is 0. The second kappa shape index (κ2) is 3.88. The van der Waals surface area contributed by atoms with Gasteiger partial charge >= 0.3 is 0 Å². The molecule has 3 heteroatoms. The van der Waals surface area contributed by atoms with E-state index in [9.17, 15) is 4.39 Å². The van der Waals surface area contributed by atoms with Gasteiger partial charge < -0.3 is 11.5 Å². The molecular formula is C9H11FN2. The van der Waals surface area contributed by atoms with Crippen LogP contribution in [-0.4, -0.2) is 6.54 Å². The van der Waals surface area contributed by atoms with Crippen LogP contribution in [0.4, 0.5) is 10.1 Å². The first-order valence-electron chi connectivity index (χ1n) is 3.66. The van der Waals surface area contributed by atoms with Crippen LogP contribution in [-0.2, 0) is 0 Å². The van der Waals surface area contributed by atoms with Gasteiger partial charge in [0.2, 0.25) is 0 Å². The molecule has 2 nitrogen and oxygen atoms in total. The Morgan fingerprint density at radius 1 is 1.42 bits per heavy atom. The Morgan fingerprint density at radius 2 is 2.17 bits per heavy atom. The second-order valence-electron chi connectivity index (χ2n) is 2.39. The van der Waals surface area contributed by atoms with Crippen LogP contribution in [0.1, 0.15) is 5.56 Å². The molecular weight excluding hydrogens is 155 g/mol. The van der Waals surface area contributed by atoms with Crippen LogP contribution in [0.5, 0.6) is 0 Å². The van der Waals surface area contributed by atoms with E-state index in [1.807, 2.05) is 0 Å². The first-order chi connectivity index (χ1) is 5.75. The Hall–Kier alpha value is -1.35. The van der Waals surface area contributed by atoms with Crippen molar-refractivity contribution in [2.75, 3.05) is 12.3 Å². The average molecular weight is 166 g/mol. The van der Waals surface area contributed by atoms with Crippen molar-refractivity contribution in [3.8, 4) is 0 Å². The fourth-order valence-electron chi connectivity index (χ4n) is 0.892. The second-order valence-corrected chi connectivity index (χ2v) is 2.39. The van der Waals surface area contributed by atoms with E-state index in [0.29, 0.717) is 12.1 Å². The number of rotatable bonds is 2. The number of halogens is 1. The van der Waals surface area contributed by atoms with Gasteiger partial charge in [-0.05, 0) is 6.07 Å². The first kappa shape index (κ1) is 8.74. The van der Waals surface area contributed by atoms with Gasteiger partial charge in [0, 0.05) is 12.1 Å². The summed E-state index contributed by atoms with van der Waals surface area (Å²) in [6.07, 6.45) is 3.30. The van der Waals surface area contributed by atoms with E-state index in [2.05, 4.69) is 0 Å². The van der Waals surface area contributed by atoms with E-state index in [1.54, 1.807) is 24.3 Å². The lowest BCUT2D eigenvalue weighted by Gasteiger charge is -1.98. The normalized spacial score (nSPS) is 10.8. The lowest BCUT2D eigenvalue weighted by atomic mass is 10.2. The highest BCUT2D eigenvalue weighted by atomic mass is 19.1. The van der Waals surface area contributed by atoms with Gasteiger partial charge in [-0.15, -0.1) is 0 Å². The van der Waals surface area contributed by atoms with Gasteiger partial charge in [-0.2, -0.15) is 0 Å². The fourth-order valence-corrected chi connectivity index (χ4v) is 0.892. The highest BCUT2D eigenvalue weighted by molar-refractivity contribution is 5.56. The van der Waals surface area contributed by atoms with Gasteiger partial charge in [0.1, 0.15) is 0 Å². The van der Waals surface area contributed by atoms with Crippen LogP contribution >= 0.6 is 0 Å². The van der Waals surface area contributed by atoms with E-state index in [0.717, 1.165) is 0 Å². The SMILES string of the molecule is NCC=Cc1cccc(N)c1F. The van der Waals surface area contributed by atoms with Crippen LogP contribution in [0.25, 0.3) is 6.08 Å². The molecule has 0 aliphatic heterocycles. The Labute approximate surface area is 70.7 Å². The number of nitrogen functional groups attached to an aromatic ring is 1. The van der Waals surface area contributed by atoms with Crippen molar-refractivity contribution in [1.82, 2.24) is 0 Å². The van der Waals surface area contributed by atoms with Crippen molar-refractivity contribution in [2.24, 2.45) is 5.73 Å². The molecule has 0 spiro atoms. The molecule has 0 saturated heterocycles. The third-order valence-corrected chi connectivity index (χ3v) is 1.49. The summed E-state index contributed by atoms with van der Waals surface area (Å²) in [4.78, 5) is 0. The maximum absolute atomic E-state index is 13.1. The van der Waals surface area contributed by atoms with Crippen molar-refractivity contribution in [1.29, 1.82) is 0 Å². The van der Waals surface area contributed by atoms with Gasteiger partial charge in [0.15, 0.2) is 5.82 Å². The Morgan fingerprint density at radius 3 is 2.83 bits per heavy atom. The fraction of sp³-hybridized carbons (Fsp3) is 0.111. The maximum atomic E-state index is 13.1. The molecule has 4 N–H and O–H groups in total. The molecule has 0 atom stereocenters. The van der Waals surface area contributed by atoms with Crippen molar-refractivity contribution in [3.05, 3.63) is 35.7 Å². The summed E-state index contributed by atoms with van der Waals surface area (Å²) in [6, 6.07) is 4.88. The molecule has 1 aromatic rings. The summed E-state index contributed by atoms with van der Waals surface area (Å²) in [6.45, 7) is 0.397. The third kappa shape index (κ3) is 1.83. The quantitative estimate of drug-likeness (QED) is 0.652. The van der Waals surface area contributed by atoms with E-state index < -0.39 is 0 Å². The molecule has 1 aromatic carbocycles. The molecule has 0 aromatic heterocycles. The maximum Gasteiger partial charge on any atom is 0.153 e. The predicted octanol–water partition coefficient (Wildman–Crippen LogP) is 1.38. The zero-order valence-electron chi connectivity index (χ0n) is 6.63. The highest BCUT2D eigenvalue weighted by Gasteiger charge is 2.00. The number of hydrogen-bond acceptors (Lipinski definition) is 2. The zero-order chi connectivity index (χ0) is 8.97. The molecule has 12 heavy (non-hydrogen) atoms. The monoisotopic (exact) mass is 166 g/mol. The summed E-state index contributed by atoms with van der Waals surface area (Å²) in [7, 11) is 0. The topological polar surface area (TPSA) is 52.0 Å². The number of anilines is 1. The molecule has 1 rings (SSSR count). The Kier molecular flexibility index (Phi) is 2.82. The minimum Gasteiger partial charge on any atom is -0.396 e. The Bertz CT molecular complexity index is 295. The van der Waals surface area contributed by atoms with Crippen molar-refractivity contribution in [3.63, 3.8) is 0 Å². The third-order valence-electron chi connectivity index (χ3n) is 1.49. The van der Waals surface area contributed by atoms with Gasteiger partial charge in [-0.1, -0.05) is 24.3 Å². The molecule has 0 bridgehead atoms. The minimum atomic E-state index is -0.387. The van der Waals surface area contributed by atoms with Crippen LogP contribution < -0.4 is 11.5 Å². The van der Waals surface area contributed by atoms with E-state index in [-0.39, 0.29) is 11.5 Å². The van der Waals surface area contributed by atoms with Crippen molar-refractivity contribution in [2.45, 2.75) is 0 Å². The molecule has 0 aliphatic rings. The van der Waals surface area contributed by atoms with Crippen LogP contribution in [0.15, 0.2) is 24.3 Å². The highest BCUT2D eigenvalue weighted by Crippen LogP contribution is 2.15.